The van der Waals surface area contributed by atoms with Crippen LogP contribution in [0.1, 0.15) is 54.4 Å². The quantitative estimate of drug-likeness (QED) is 0.868. The first-order valence-electron chi connectivity index (χ1n) is 9.57. The average molecular weight is 380 g/mol. The zero-order valence-corrected chi connectivity index (χ0v) is 16.3. The Bertz CT molecular complexity index is 757. The van der Waals surface area contributed by atoms with Crippen LogP contribution in [0, 0.1) is 6.92 Å². The fourth-order valence-corrected chi connectivity index (χ4v) is 5.70. The van der Waals surface area contributed by atoms with E-state index in [1.54, 1.807) is 29.4 Å². The first kappa shape index (κ1) is 19.3. The van der Waals surface area contributed by atoms with Crippen LogP contribution < -0.4 is 5.73 Å². The Morgan fingerprint density at radius 3 is 2.50 bits per heavy atom. The molecule has 7 heteroatoms. The molecule has 144 valence electrons. The van der Waals surface area contributed by atoms with Crippen molar-refractivity contribution in [2.75, 3.05) is 26.2 Å². The van der Waals surface area contributed by atoms with Gasteiger partial charge in [0.05, 0.1) is 4.90 Å². The summed E-state index contributed by atoms with van der Waals surface area (Å²) in [4.78, 5) is 15.1. The topological polar surface area (TPSA) is 83.7 Å². The minimum atomic E-state index is -3.56. The van der Waals surface area contributed by atoms with E-state index in [2.05, 4.69) is 0 Å². The van der Waals surface area contributed by atoms with Crippen LogP contribution in [-0.4, -0.2) is 55.8 Å². The number of carbonyl (C=O) groups excluding carboxylic acids is 1. The Morgan fingerprint density at radius 2 is 1.81 bits per heavy atom. The molecule has 1 aromatic rings. The maximum Gasteiger partial charge on any atom is 0.254 e. The van der Waals surface area contributed by atoms with Crippen LogP contribution in [0.15, 0.2) is 23.1 Å². The van der Waals surface area contributed by atoms with Crippen molar-refractivity contribution in [3.05, 3.63) is 29.3 Å². The molecule has 0 radical (unpaired) electrons. The number of hydrogen-bond donors (Lipinski definition) is 1. The van der Waals surface area contributed by atoms with E-state index in [1.807, 2.05) is 4.90 Å². The predicted octanol–water partition coefficient (Wildman–Crippen LogP) is 2.12. The van der Waals surface area contributed by atoms with E-state index < -0.39 is 10.0 Å². The fourth-order valence-electron chi connectivity index (χ4n) is 3.93. The molecule has 1 aromatic carbocycles. The molecule has 2 fully saturated rings. The van der Waals surface area contributed by atoms with Crippen molar-refractivity contribution in [2.45, 2.75) is 56.4 Å². The summed E-state index contributed by atoms with van der Waals surface area (Å²) < 4.78 is 27.7. The molecule has 3 rings (SSSR count). The summed E-state index contributed by atoms with van der Waals surface area (Å²) in [6.45, 7) is 4.02. The molecule has 2 heterocycles. The lowest BCUT2D eigenvalue weighted by atomic mass is 10.0. The Labute approximate surface area is 156 Å². The number of sulfonamides is 1. The minimum absolute atomic E-state index is 0.0414. The van der Waals surface area contributed by atoms with Gasteiger partial charge >= 0.3 is 0 Å². The first-order valence-corrected chi connectivity index (χ1v) is 11.0. The van der Waals surface area contributed by atoms with E-state index >= 15 is 0 Å². The maximum atomic E-state index is 13.1. The first-order chi connectivity index (χ1) is 12.4. The summed E-state index contributed by atoms with van der Waals surface area (Å²) >= 11 is 0. The third-order valence-electron chi connectivity index (χ3n) is 5.53. The minimum Gasteiger partial charge on any atom is -0.334 e. The molecule has 0 aromatic heterocycles. The monoisotopic (exact) mass is 379 g/mol. The number of piperidine rings is 2. The van der Waals surface area contributed by atoms with E-state index in [0.29, 0.717) is 37.3 Å². The number of rotatable bonds is 4. The highest BCUT2D eigenvalue weighted by Crippen LogP contribution is 2.26. The Hall–Kier alpha value is -1.44. The van der Waals surface area contributed by atoms with Crippen molar-refractivity contribution in [3.63, 3.8) is 0 Å². The van der Waals surface area contributed by atoms with Crippen molar-refractivity contribution < 1.29 is 13.2 Å². The SMILES string of the molecule is Cc1ccc(C(=O)N2CCCCC2CN)cc1S(=O)(=O)N1CCCCC1. The lowest BCUT2D eigenvalue weighted by Crippen LogP contribution is -2.47. The van der Waals surface area contributed by atoms with Crippen LogP contribution in [-0.2, 0) is 10.0 Å². The van der Waals surface area contributed by atoms with Crippen molar-refractivity contribution in [1.82, 2.24) is 9.21 Å². The van der Waals surface area contributed by atoms with Gasteiger partial charge in [-0.25, -0.2) is 8.42 Å². The van der Waals surface area contributed by atoms with Gasteiger partial charge in [-0.2, -0.15) is 4.31 Å². The van der Waals surface area contributed by atoms with Gasteiger partial charge in [-0.1, -0.05) is 12.5 Å². The van der Waals surface area contributed by atoms with Crippen molar-refractivity contribution in [2.24, 2.45) is 5.73 Å². The van der Waals surface area contributed by atoms with Gasteiger partial charge in [0.1, 0.15) is 0 Å². The Kier molecular flexibility index (Phi) is 5.99. The van der Waals surface area contributed by atoms with Crippen molar-refractivity contribution in [3.8, 4) is 0 Å². The largest absolute Gasteiger partial charge is 0.334 e. The second-order valence-electron chi connectivity index (χ2n) is 7.33. The van der Waals surface area contributed by atoms with Gasteiger partial charge in [-0.15, -0.1) is 0 Å². The molecule has 0 spiro atoms. The number of carbonyl (C=O) groups is 1. The maximum absolute atomic E-state index is 13.1. The van der Waals surface area contributed by atoms with E-state index in [0.717, 1.165) is 38.5 Å². The molecule has 2 saturated heterocycles. The predicted molar refractivity (Wildman–Crippen MR) is 102 cm³/mol. The van der Waals surface area contributed by atoms with Crippen LogP contribution in [0.5, 0.6) is 0 Å². The van der Waals surface area contributed by atoms with Crippen molar-refractivity contribution in [1.29, 1.82) is 0 Å². The molecule has 0 aliphatic carbocycles. The molecule has 0 saturated carbocycles. The van der Waals surface area contributed by atoms with Crippen LogP contribution >= 0.6 is 0 Å². The fraction of sp³-hybridized carbons (Fsp3) is 0.632. The van der Waals surface area contributed by atoms with Gasteiger partial charge in [-0.3, -0.25) is 4.79 Å². The number of amides is 1. The number of benzene rings is 1. The summed E-state index contributed by atoms with van der Waals surface area (Å²) in [5.41, 5.74) is 6.95. The smallest absolute Gasteiger partial charge is 0.254 e. The zero-order valence-electron chi connectivity index (χ0n) is 15.5. The van der Waals surface area contributed by atoms with E-state index in [9.17, 15) is 13.2 Å². The van der Waals surface area contributed by atoms with Crippen LogP contribution in [0.3, 0.4) is 0 Å². The molecule has 0 bridgehead atoms. The summed E-state index contributed by atoms with van der Waals surface area (Å²) in [7, 11) is -3.56. The Balaban J connectivity index is 1.91. The summed E-state index contributed by atoms with van der Waals surface area (Å²) in [6, 6.07) is 5.07. The normalized spacial score (nSPS) is 22.4. The van der Waals surface area contributed by atoms with Gasteiger partial charge in [0, 0.05) is 37.8 Å². The molecule has 1 atom stereocenters. The number of aryl methyl sites for hydroxylation is 1. The molecule has 1 unspecified atom stereocenters. The van der Waals surface area contributed by atoms with E-state index in [4.69, 9.17) is 5.73 Å². The van der Waals surface area contributed by atoms with Gasteiger partial charge < -0.3 is 10.6 Å². The molecular weight excluding hydrogens is 350 g/mol. The van der Waals surface area contributed by atoms with E-state index in [-0.39, 0.29) is 16.8 Å². The summed E-state index contributed by atoms with van der Waals surface area (Å²) in [6.07, 6.45) is 5.80. The van der Waals surface area contributed by atoms with Crippen LogP contribution in [0.25, 0.3) is 0 Å². The average Bonchev–Trinajstić information content (AvgIpc) is 2.68. The lowest BCUT2D eigenvalue weighted by Gasteiger charge is -2.35. The second-order valence-corrected chi connectivity index (χ2v) is 9.24. The molecule has 2 N–H and O–H groups in total. The number of nitrogens with zero attached hydrogens (tertiary/aromatic N) is 2. The van der Waals surface area contributed by atoms with Gasteiger partial charge in [0.2, 0.25) is 10.0 Å². The molecule has 26 heavy (non-hydrogen) atoms. The highest BCUT2D eigenvalue weighted by Gasteiger charge is 2.30. The molecule has 2 aliphatic heterocycles. The highest BCUT2D eigenvalue weighted by atomic mass is 32.2. The lowest BCUT2D eigenvalue weighted by molar-refractivity contribution is 0.0623. The van der Waals surface area contributed by atoms with E-state index in [1.165, 1.54) is 0 Å². The van der Waals surface area contributed by atoms with Gasteiger partial charge in [0.25, 0.3) is 5.91 Å². The molecule has 2 aliphatic rings. The van der Waals surface area contributed by atoms with Gasteiger partial charge in [0.15, 0.2) is 0 Å². The third kappa shape index (κ3) is 3.80. The summed E-state index contributed by atoms with van der Waals surface area (Å²) in [5.74, 6) is -0.116. The standard InChI is InChI=1S/C19H29N3O3S/c1-15-8-9-16(19(23)22-12-6-3-7-17(22)14-20)13-18(15)26(24,25)21-10-4-2-5-11-21/h8-9,13,17H,2-7,10-12,14,20H2,1H3. The number of nitrogens with two attached hydrogens (primary N) is 1. The number of likely N-dealkylation sites (tertiary alicyclic amines) is 1. The van der Waals surface area contributed by atoms with Crippen LogP contribution in [0.2, 0.25) is 0 Å². The van der Waals surface area contributed by atoms with Gasteiger partial charge in [-0.05, 0) is 56.7 Å². The number of hydrogen-bond acceptors (Lipinski definition) is 4. The second kappa shape index (κ2) is 8.06. The third-order valence-corrected chi connectivity index (χ3v) is 7.57. The Morgan fingerprint density at radius 1 is 1.12 bits per heavy atom. The summed E-state index contributed by atoms with van der Waals surface area (Å²) in [5, 5.41) is 0. The van der Waals surface area contributed by atoms with Crippen molar-refractivity contribution >= 4 is 15.9 Å². The molecule has 6 nitrogen and oxygen atoms in total. The van der Waals surface area contributed by atoms with Crippen LogP contribution in [0.4, 0.5) is 0 Å². The molecular formula is C19H29N3O3S. The highest BCUT2D eigenvalue weighted by molar-refractivity contribution is 7.89. The molecule has 1 amide bonds. The zero-order chi connectivity index (χ0) is 18.7.